The van der Waals surface area contributed by atoms with Crippen molar-refractivity contribution >= 4 is 17.4 Å². The Kier molecular flexibility index (Phi) is 5.43. The first-order chi connectivity index (χ1) is 15.9. The molecule has 0 bridgehead atoms. The lowest BCUT2D eigenvalue weighted by atomic mass is 9.98. The number of hydrogen-bond donors (Lipinski definition) is 1. The first-order valence-corrected chi connectivity index (χ1v) is 10.7. The topological polar surface area (TPSA) is 90.6 Å². The molecule has 33 heavy (non-hydrogen) atoms. The second-order valence-corrected chi connectivity index (χ2v) is 8.37. The van der Waals surface area contributed by atoms with Gasteiger partial charge in [-0.25, -0.2) is 22.7 Å². The number of pyridine rings is 1. The highest BCUT2D eigenvalue weighted by Crippen LogP contribution is 2.52. The van der Waals surface area contributed by atoms with Gasteiger partial charge in [-0.05, 0) is 37.3 Å². The van der Waals surface area contributed by atoms with Gasteiger partial charge in [0.2, 0.25) is 12.4 Å². The second kappa shape index (κ2) is 8.29. The van der Waals surface area contributed by atoms with Gasteiger partial charge in [0.1, 0.15) is 11.6 Å². The summed E-state index contributed by atoms with van der Waals surface area (Å²) in [4.78, 5) is 19.8. The van der Waals surface area contributed by atoms with Crippen LogP contribution in [-0.2, 0) is 19.7 Å². The van der Waals surface area contributed by atoms with Crippen molar-refractivity contribution in [2.75, 3.05) is 11.9 Å². The van der Waals surface area contributed by atoms with Crippen molar-refractivity contribution in [3.8, 4) is 11.4 Å². The molecular formula is C22H22F3N5O3. The summed E-state index contributed by atoms with van der Waals surface area (Å²) in [5, 5.41) is 7.36. The average Bonchev–Trinajstić information content (AvgIpc) is 3.55. The van der Waals surface area contributed by atoms with Crippen LogP contribution in [0.25, 0.3) is 16.9 Å². The van der Waals surface area contributed by atoms with E-state index in [2.05, 4.69) is 20.4 Å². The summed E-state index contributed by atoms with van der Waals surface area (Å²) in [5.41, 5.74) is 0.233. The lowest BCUT2D eigenvalue weighted by Gasteiger charge is -2.31. The Morgan fingerprint density at radius 2 is 2.12 bits per heavy atom. The molecule has 8 nitrogen and oxygen atoms in total. The largest absolute Gasteiger partial charge is 0.458 e. The molecule has 0 amide bonds. The molecule has 2 atom stereocenters. The number of hydrogen-bond acceptors (Lipinski definition) is 7. The third kappa shape index (κ3) is 4.01. The molecule has 0 aromatic carbocycles. The summed E-state index contributed by atoms with van der Waals surface area (Å²) in [5.74, 6) is -0.812. The van der Waals surface area contributed by atoms with Crippen LogP contribution in [0.4, 0.5) is 19.1 Å². The smallest absolute Gasteiger partial charge is 0.303 e. The zero-order valence-corrected chi connectivity index (χ0v) is 17.8. The van der Waals surface area contributed by atoms with Crippen LogP contribution in [0.3, 0.4) is 0 Å². The predicted molar refractivity (Wildman–Crippen MR) is 111 cm³/mol. The highest BCUT2D eigenvalue weighted by Gasteiger charge is 2.52. The summed E-state index contributed by atoms with van der Waals surface area (Å²) < 4.78 is 53.6. The third-order valence-corrected chi connectivity index (χ3v) is 6.13. The number of nitrogens with zero attached hydrogens (tertiary/aromatic N) is 4. The number of rotatable bonds is 6. The number of esters is 1. The van der Waals surface area contributed by atoms with Gasteiger partial charge in [0.25, 0.3) is 0 Å². The van der Waals surface area contributed by atoms with Gasteiger partial charge in [-0.3, -0.25) is 9.78 Å². The first kappa shape index (κ1) is 21.6. The summed E-state index contributed by atoms with van der Waals surface area (Å²) >= 11 is 0. The molecule has 0 spiro atoms. The Balaban J connectivity index is 1.44. The lowest BCUT2D eigenvalue weighted by molar-refractivity contribution is -0.158. The third-order valence-electron chi connectivity index (χ3n) is 6.13. The van der Waals surface area contributed by atoms with Crippen LogP contribution in [0, 0.1) is 5.82 Å². The molecule has 1 N–H and O–H groups in total. The van der Waals surface area contributed by atoms with Gasteiger partial charge in [0, 0.05) is 25.8 Å². The van der Waals surface area contributed by atoms with E-state index in [-0.39, 0.29) is 11.5 Å². The number of carbonyl (C=O) groups is 1. The number of ether oxygens (including phenoxy) is 2. The maximum absolute atomic E-state index is 14.5. The monoisotopic (exact) mass is 461 g/mol. The number of nitrogens with one attached hydrogen (secondary N) is 1. The van der Waals surface area contributed by atoms with Gasteiger partial charge in [0.05, 0.1) is 23.0 Å². The van der Waals surface area contributed by atoms with E-state index in [0.717, 1.165) is 6.42 Å². The highest BCUT2D eigenvalue weighted by molar-refractivity contribution is 5.66. The molecule has 1 aliphatic carbocycles. The SMILES string of the molecule is CC(=O)OC1CCCOC1Nc1ncc2c(F)cc(-c3ccc(C4(C(F)F)CC4)cn3)n2n1. The van der Waals surface area contributed by atoms with Crippen molar-refractivity contribution in [2.24, 2.45) is 0 Å². The second-order valence-electron chi connectivity index (χ2n) is 8.37. The van der Waals surface area contributed by atoms with E-state index in [9.17, 15) is 18.0 Å². The Labute approximate surface area is 187 Å². The Bertz CT molecular complexity index is 1180. The Morgan fingerprint density at radius 1 is 1.30 bits per heavy atom. The predicted octanol–water partition coefficient (Wildman–Crippen LogP) is 3.71. The van der Waals surface area contributed by atoms with Gasteiger partial charge in [0.15, 0.2) is 12.0 Å². The average molecular weight is 461 g/mol. The number of carbonyl (C=O) groups excluding carboxylic acids is 1. The maximum Gasteiger partial charge on any atom is 0.303 e. The van der Waals surface area contributed by atoms with Gasteiger partial charge < -0.3 is 14.8 Å². The number of alkyl halides is 2. The minimum absolute atomic E-state index is 0.133. The minimum atomic E-state index is -2.45. The number of halogens is 3. The molecule has 2 unspecified atom stereocenters. The molecule has 5 rings (SSSR count). The van der Waals surface area contributed by atoms with Crippen LogP contribution in [0.1, 0.15) is 38.2 Å². The van der Waals surface area contributed by atoms with Crippen LogP contribution < -0.4 is 5.32 Å². The van der Waals surface area contributed by atoms with Crippen molar-refractivity contribution in [3.05, 3.63) is 42.0 Å². The van der Waals surface area contributed by atoms with Crippen molar-refractivity contribution in [1.82, 2.24) is 19.6 Å². The zero-order valence-electron chi connectivity index (χ0n) is 17.8. The molecule has 1 aliphatic heterocycles. The van der Waals surface area contributed by atoms with Gasteiger partial charge in [-0.2, -0.15) is 0 Å². The zero-order chi connectivity index (χ0) is 23.2. The van der Waals surface area contributed by atoms with Crippen LogP contribution in [0.2, 0.25) is 0 Å². The molecule has 2 fully saturated rings. The van der Waals surface area contributed by atoms with E-state index in [1.165, 1.54) is 29.9 Å². The number of fused-ring (bicyclic) bond motifs is 1. The van der Waals surface area contributed by atoms with Crippen molar-refractivity contribution in [2.45, 2.75) is 56.8 Å². The Morgan fingerprint density at radius 3 is 2.79 bits per heavy atom. The number of aromatic nitrogens is 4. The lowest BCUT2D eigenvalue weighted by Crippen LogP contribution is -2.43. The van der Waals surface area contributed by atoms with Crippen LogP contribution >= 0.6 is 0 Å². The van der Waals surface area contributed by atoms with E-state index in [0.29, 0.717) is 42.8 Å². The quantitative estimate of drug-likeness (QED) is 0.560. The van der Waals surface area contributed by atoms with E-state index in [1.54, 1.807) is 12.1 Å². The van der Waals surface area contributed by atoms with Crippen LogP contribution in [-0.4, -0.2) is 50.9 Å². The molecule has 174 valence electrons. The number of anilines is 1. The molecule has 3 aromatic rings. The summed E-state index contributed by atoms with van der Waals surface area (Å²) in [6.07, 6.45) is 1.36. The van der Waals surface area contributed by atoms with E-state index in [4.69, 9.17) is 9.47 Å². The molecule has 2 aliphatic rings. The fourth-order valence-corrected chi connectivity index (χ4v) is 4.16. The van der Waals surface area contributed by atoms with E-state index in [1.807, 2.05) is 0 Å². The van der Waals surface area contributed by atoms with Crippen molar-refractivity contribution in [1.29, 1.82) is 0 Å². The summed E-state index contributed by atoms with van der Waals surface area (Å²) in [6.45, 7) is 1.81. The molecule has 0 radical (unpaired) electrons. The molecule has 11 heteroatoms. The van der Waals surface area contributed by atoms with Crippen molar-refractivity contribution in [3.63, 3.8) is 0 Å². The summed E-state index contributed by atoms with van der Waals surface area (Å²) in [7, 11) is 0. The summed E-state index contributed by atoms with van der Waals surface area (Å²) in [6, 6.07) is 4.47. The first-order valence-electron chi connectivity index (χ1n) is 10.7. The van der Waals surface area contributed by atoms with E-state index < -0.39 is 36.0 Å². The standard InChI is InChI=1S/C22H22F3N5O3/c1-12(31)33-18-3-2-8-32-19(18)28-21-27-11-17-14(23)9-16(30(17)29-21)15-5-4-13(10-26-15)22(6-7-22)20(24)25/h4-5,9-11,18-20H,2-3,6-8H2,1H3,(H,28,29). The molecule has 3 aromatic heterocycles. The van der Waals surface area contributed by atoms with Gasteiger partial charge in [-0.15, -0.1) is 5.10 Å². The Hall–Kier alpha value is -3.21. The van der Waals surface area contributed by atoms with Crippen LogP contribution in [0.15, 0.2) is 30.6 Å². The molecule has 1 saturated carbocycles. The van der Waals surface area contributed by atoms with Crippen molar-refractivity contribution < 1.29 is 27.4 Å². The maximum atomic E-state index is 14.5. The molecule has 4 heterocycles. The van der Waals surface area contributed by atoms with Gasteiger partial charge in [-0.1, -0.05) is 6.07 Å². The molecule has 1 saturated heterocycles. The fraction of sp³-hybridized carbons (Fsp3) is 0.455. The fourth-order valence-electron chi connectivity index (χ4n) is 4.16. The van der Waals surface area contributed by atoms with E-state index >= 15 is 0 Å². The highest BCUT2D eigenvalue weighted by atomic mass is 19.3. The van der Waals surface area contributed by atoms with Gasteiger partial charge >= 0.3 is 5.97 Å². The molecular weight excluding hydrogens is 439 g/mol. The van der Waals surface area contributed by atoms with Crippen LogP contribution in [0.5, 0.6) is 0 Å². The normalized spacial score (nSPS) is 21.8. The minimum Gasteiger partial charge on any atom is -0.458 e.